The zero-order valence-corrected chi connectivity index (χ0v) is 16.5. The number of hydrogen-bond acceptors (Lipinski definition) is 6. The standard InChI is InChI=1S/C22H23N7O/c30-20(12-25-19-5-1-3-15-11-23-8-6-17(15)19)28-16-4-2-10-29(13-16)22-18-7-9-24-21(18)26-14-27-22/h1,3,5-9,11,14,16,25H,2,4,10,12-13H2,(H,28,30)(H,24,26,27). The van der Waals surface area contributed by atoms with Gasteiger partial charge in [-0.15, -0.1) is 0 Å². The minimum atomic E-state index is -0.0117. The molecule has 3 aromatic heterocycles. The van der Waals surface area contributed by atoms with E-state index in [0.29, 0.717) is 0 Å². The Labute approximate surface area is 173 Å². The van der Waals surface area contributed by atoms with E-state index in [1.54, 1.807) is 12.5 Å². The average Bonchev–Trinajstić information content (AvgIpc) is 3.27. The summed E-state index contributed by atoms with van der Waals surface area (Å²) in [7, 11) is 0. The van der Waals surface area contributed by atoms with Crippen LogP contribution in [-0.4, -0.2) is 51.5 Å². The van der Waals surface area contributed by atoms with Crippen molar-refractivity contribution in [2.24, 2.45) is 0 Å². The van der Waals surface area contributed by atoms with E-state index in [1.807, 2.05) is 42.7 Å². The Morgan fingerprint density at radius 2 is 2.17 bits per heavy atom. The van der Waals surface area contributed by atoms with Crippen molar-refractivity contribution < 1.29 is 4.79 Å². The van der Waals surface area contributed by atoms with Gasteiger partial charge >= 0.3 is 0 Å². The highest BCUT2D eigenvalue weighted by atomic mass is 16.2. The number of carbonyl (C=O) groups is 1. The molecule has 1 saturated heterocycles. The molecule has 1 fully saturated rings. The van der Waals surface area contributed by atoms with E-state index in [9.17, 15) is 4.79 Å². The summed E-state index contributed by atoms with van der Waals surface area (Å²) in [5, 5.41) is 9.55. The molecule has 0 spiro atoms. The van der Waals surface area contributed by atoms with Gasteiger partial charge in [0.1, 0.15) is 17.8 Å². The van der Waals surface area contributed by atoms with Crippen molar-refractivity contribution in [2.45, 2.75) is 18.9 Å². The van der Waals surface area contributed by atoms with Gasteiger partial charge in [0.05, 0.1) is 11.9 Å². The SMILES string of the molecule is O=C(CNc1cccc2cnccc12)NC1CCCN(c2ncnc3[nH]ccc23)C1. The van der Waals surface area contributed by atoms with Gasteiger partial charge in [0.15, 0.2) is 0 Å². The van der Waals surface area contributed by atoms with Crippen molar-refractivity contribution in [3.8, 4) is 0 Å². The first kappa shape index (κ1) is 18.4. The van der Waals surface area contributed by atoms with E-state index in [-0.39, 0.29) is 18.5 Å². The normalized spacial score (nSPS) is 16.7. The molecule has 1 aromatic carbocycles. The van der Waals surface area contributed by atoms with Crippen molar-refractivity contribution in [1.29, 1.82) is 0 Å². The molecule has 1 aliphatic heterocycles. The quantitative estimate of drug-likeness (QED) is 0.476. The number of piperidine rings is 1. The van der Waals surface area contributed by atoms with Gasteiger partial charge in [-0.05, 0) is 31.0 Å². The molecule has 30 heavy (non-hydrogen) atoms. The van der Waals surface area contributed by atoms with Crippen molar-refractivity contribution in [3.63, 3.8) is 0 Å². The zero-order chi connectivity index (χ0) is 20.3. The molecule has 8 heteroatoms. The van der Waals surface area contributed by atoms with Crippen LogP contribution in [-0.2, 0) is 4.79 Å². The lowest BCUT2D eigenvalue weighted by Crippen LogP contribution is -2.49. The number of benzene rings is 1. The van der Waals surface area contributed by atoms with Crippen molar-refractivity contribution in [1.82, 2.24) is 25.3 Å². The van der Waals surface area contributed by atoms with Crippen LogP contribution in [0.4, 0.5) is 11.5 Å². The summed E-state index contributed by atoms with van der Waals surface area (Å²) in [6.07, 6.45) is 9.01. The summed E-state index contributed by atoms with van der Waals surface area (Å²) >= 11 is 0. The highest BCUT2D eigenvalue weighted by Crippen LogP contribution is 2.25. The van der Waals surface area contributed by atoms with Crippen molar-refractivity contribution >= 4 is 39.2 Å². The van der Waals surface area contributed by atoms with E-state index in [4.69, 9.17) is 0 Å². The Balaban J connectivity index is 1.22. The van der Waals surface area contributed by atoms with Crippen molar-refractivity contribution in [3.05, 3.63) is 55.2 Å². The van der Waals surface area contributed by atoms with Crippen LogP contribution in [0.25, 0.3) is 21.8 Å². The topological polar surface area (TPSA) is 98.8 Å². The Morgan fingerprint density at radius 1 is 1.20 bits per heavy atom. The summed E-state index contributed by atoms with van der Waals surface area (Å²) in [4.78, 5) is 30.9. The second kappa shape index (κ2) is 7.98. The predicted octanol–water partition coefficient (Wildman–Crippen LogP) is 2.70. The smallest absolute Gasteiger partial charge is 0.239 e. The lowest BCUT2D eigenvalue weighted by atomic mass is 10.1. The third kappa shape index (κ3) is 3.63. The van der Waals surface area contributed by atoms with Gasteiger partial charge in [0.2, 0.25) is 5.91 Å². The van der Waals surface area contributed by atoms with Gasteiger partial charge in [0, 0.05) is 54.2 Å². The van der Waals surface area contributed by atoms with Gasteiger partial charge in [-0.3, -0.25) is 9.78 Å². The monoisotopic (exact) mass is 401 g/mol. The van der Waals surface area contributed by atoms with Crippen LogP contribution < -0.4 is 15.5 Å². The molecule has 1 aliphatic rings. The molecule has 0 saturated carbocycles. The van der Waals surface area contributed by atoms with Crippen molar-refractivity contribution in [2.75, 3.05) is 29.9 Å². The largest absolute Gasteiger partial charge is 0.376 e. The Kier molecular flexibility index (Phi) is 4.88. The van der Waals surface area contributed by atoms with Gasteiger partial charge in [-0.25, -0.2) is 9.97 Å². The van der Waals surface area contributed by atoms with Gasteiger partial charge in [0.25, 0.3) is 0 Å². The minimum absolute atomic E-state index is 0.0117. The number of H-pyrrole nitrogens is 1. The van der Waals surface area contributed by atoms with E-state index in [2.05, 4.69) is 35.5 Å². The lowest BCUT2D eigenvalue weighted by Gasteiger charge is -2.34. The number of fused-ring (bicyclic) bond motifs is 2. The molecular formula is C22H23N7O. The maximum absolute atomic E-state index is 12.6. The van der Waals surface area contributed by atoms with E-state index >= 15 is 0 Å². The Bertz CT molecular complexity index is 1180. The highest BCUT2D eigenvalue weighted by molar-refractivity contribution is 5.94. The molecule has 152 valence electrons. The summed E-state index contributed by atoms with van der Waals surface area (Å²) < 4.78 is 0. The van der Waals surface area contributed by atoms with Gasteiger partial charge in [-0.2, -0.15) is 0 Å². The molecule has 4 heterocycles. The molecule has 1 atom stereocenters. The average molecular weight is 401 g/mol. The number of anilines is 2. The van der Waals surface area contributed by atoms with Crippen LogP contribution in [0.5, 0.6) is 0 Å². The van der Waals surface area contributed by atoms with Crippen LogP contribution in [0.3, 0.4) is 0 Å². The molecule has 5 rings (SSSR count). The lowest BCUT2D eigenvalue weighted by molar-refractivity contribution is -0.120. The second-order valence-electron chi connectivity index (χ2n) is 7.55. The maximum atomic E-state index is 12.6. The van der Waals surface area contributed by atoms with Gasteiger partial charge in [-0.1, -0.05) is 12.1 Å². The zero-order valence-electron chi connectivity index (χ0n) is 16.5. The highest BCUT2D eigenvalue weighted by Gasteiger charge is 2.23. The molecule has 1 unspecified atom stereocenters. The second-order valence-corrected chi connectivity index (χ2v) is 7.55. The molecule has 0 bridgehead atoms. The first-order valence-electron chi connectivity index (χ1n) is 10.2. The van der Waals surface area contributed by atoms with E-state index < -0.39 is 0 Å². The van der Waals surface area contributed by atoms with Crippen LogP contribution >= 0.6 is 0 Å². The summed E-state index contributed by atoms with van der Waals surface area (Å²) in [6, 6.07) is 10.0. The predicted molar refractivity (Wildman–Crippen MR) is 117 cm³/mol. The number of hydrogen-bond donors (Lipinski definition) is 3. The molecule has 8 nitrogen and oxygen atoms in total. The van der Waals surface area contributed by atoms with Crippen LogP contribution in [0.2, 0.25) is 0 Å². The number of amides is 1. The first-order valence-corrected chi connectivity index (χ1v) is 10.2. The number of carbonyl (C=O) groups excluding carboxylic acids is 1. The third-order valence-corrected chi connectivity index (χ3v) is 5.54. The minimum Gasteiger partial charge on any atom is -0.376 e. The molecule has 0 aliphatic carbocycles. The number of rotatable bonds is 5. The summed E-state index contributed by atoms with van der Waals surface area (Å²) in [6.45, 7) is 1.89. The Hall–Kier alpha value is -3.68. The first-order chi connectivity index (χ1) is 14.8. The molecular weight excluding hydrogens is 378 g/mol. The molecule has 0 radical (unpaired) electrons. The number of aromatic amines is 1. The van der Waals surface area contributed by atoms with E-state index in [1.165, 1.54) is 0 Å². The van der Waals surface area contributed by atoms with Gasteiger partial charge < -0.3 is 20.5 Å². The fourth-order valence-corrected chi connectivity index (χ4v) is 4.13. The number of pyridine rings is 1. The molecule has 4 aromatic rings. The number of aromatic nitrogens is 4. The Morgan fingerprint density at radius 3 is 3.13 bits per heavy atom. The van der Waals surface area contributed by atoms with Crippen LogP contribution in [0, 0.1) is 0 Å². The number of nitrogens with one attached hydrogen (secondary N) is 3. The van der Waals surface area contributed by atoms with E-state index in [0.717, 1.165) is 59.2 Å². The molecule has 1 amide bonds. The fourth-order valence-electron chi connectivity index (χ4n) is 4.13. The van der Waals surface area contributed by atoms with Crippen LogP contribution in [0.1, 0.15) is 12.8 Å². The third-order valence-electron chi connectivity index (χ3n) is 5.54. The fraction of sp³-hybridized carbons (Fsp3) is 0.273. The van der Waals surface area contributed by atoms with Crippen LogP contribution in [0.15, 0.2) is 55.2 Å². The summed E-state index contributed by atoms with van der Waals surface area (Å²) in [5.74, 6) is 0.907. The number of nitrogens with zero attached hydrogens (tertiary/aromatic N) is 4. The molecule has 3 N–H and O–H groups in total. The maximum Gasteiger partial charge on any atom is 0.239 e. The summed E-state index contributed by atoms with van der Waals surface area (Å²) in [5.41, 5.74) is 1.77.